The van der Waals surface area contributed by atoms with E-state index < -0.39 is 11.7 Å². The molecule has 2 aromatic carbocycles. The summed E-state index contributed by atoms with van der Waals surface area (Å²) in [5.41, 5.74) is 3.07. The Morgan fingerprint density at radius 2 is 1.67 bits per heavy atom. The van der Waals surface area contributed by atoms with Gasteiger partial charge in [-0.1, -0.05) is 46.3 Å². The molecule has 2 rings (SSSR count). The Bertz CT molecular complexity index is 666. The molecule has 21 heavy (non-hydrogen) atoms. The number of hydrogen-bond acceptors (Lipinski definition) is 2. The number of hydrazone groups is 1. The van der Waals surface area contributed by atoms with Gasteiger partial charge in [0.1, 0.15) is 0 Å². The monoisotopic (exact) mass is 356 g/mol. The second-order valence-corrected chi connectivity index (χ2v) is 5.19. The normalized spacial score (nSPS) is 12.3. The van der Waals surface area contributed by atoms with Crippen LogP contribution in [0.25, 0.3) is 0 Å². The Kier molecular flexibility index (Phi) is 4.67. The Balaban J connectivity index is 2.28. The van der Waals surface area contributed by atoms with Crippen molar-refractivity contribution >= 4 is 27.3 Å². The van der Waals surface area contributed by atoms with Gasteiger partial charge in [0.2, 0.25) is 0 Å². The maximum atomic E-state index is 12.9. The predicted octanol–water partition coefficient (Wildman–Crippen LogP) is 5.30. The Hall–Kier alpha value is -1.82. The van der Waals surface area contributed by atoms with Gasteiger partial charge < -0.3 is 0 Å². The van der Waals surface area contributed by atoms with Gasteiger partial charge in [0.15, 0.2) is 0 Å². The third-order valence-corrected chi connectivity index (χ3v) is 3.53. The van der Waals surface area contributed by atoms with Crippen LogP contribution in [-0.2, 0) is 6.18 Å². The fourth-order valence-corrected chi connectivity index (χ4v) is 2.36. The molecule has 0 aliphatic heterocycles. The molecular weight excluding hydrogens is 345 g/mol. The van der Waals surface area contributed by atoms with E-state index in [1.165, 1.54) is 18.2 Å². The zero-order valence-corrected chi connectivity index (χ0v) is 12.7. The van der Waals surface area contributed by atoms with Crippen molar-refractivity contribution < 1.29 is 13.2 Å². The lowest BCUT2D eigenvalue weighted by Crippen LogP contribution is -2.09. The number of benzene rings is 2. The van der Waals surface area contributed by atoms with Gasteiger partial charge in [-0.3, -0.25) is 5.43 Å². The number of halogens is 4. The summed E-state index contributed by atoms with van der Waals surface area (Å²) in [4.78, 5) is 0. The molecule has 0 amide bonds. The number of anilines is 1. The van der Waals surface area contributed by atoms with E-state index in [4.69, 9.17) is 0 Å². The molecule has 0 unspecified atom stereocenters. The van der Waals surface area contributed by atoms with Gasteiger partial charge in [-0.15, -0.1) is 0 Å². The summed E-state index contributed by atoms with van der Waals surface area (Å²) in [5, 5.41) is 4.04. The first-order valence-electron chi connectivity index (χ1n) is 6.11. The quantitative estimate of drug-likeness (QED) is 0.585. The fraction of sp³-hybridized carbons (Fsp3) is 0.133. The van der Waals surface area contributed by atoms with Crippen molar-refractivity contribution in [3.63, 3.8) is 0 Å². The second-order valence-electron chi connectivity index (χ2n) is 4.33. The molecule has 0 aliphatic rings. The van der Waals surface area contributed by atoms with Gasteiger partial charge in [0, 0.05) is 10.0 Å². The van der Waals surface area contributed by atoms with Crippen molar-refractivity contribution in [3.05, 3.63) is 64.1 Å². The molecule has 0 bridgehead atoms. The van der Waals surface area contributed by atoms with E-state index in [0.717, 1.165) is 16.1 Å². The first-order valence-corrected chi connectivity index (χ1v) is 6.90. The molecule has 0 saturated carbocycles. The molecule has 0 heterocycles. The molecule has 0 radical (unpaired) electrons. The number of rotatable bonds is 3. The lowest BCUT2D eigenvalue weighted by molar-refractivity contribution is -0.136. The summed E-state index contributed by atoms with van der Waals surface area (Å²) in [5.74, 6) is 0. The standard InChI is InChI=1S/C15H12BrF3N2/c1-10(11-6-2-4-8-13(11)16)20-21-14-9-5-3-7-12(14)15(17,18)19/h2-9,21H,1H3/b20-10-. The predicted molar refractivity (Wildman–Crippen MR) is 81.4 cm³/mol. The smallest absolute Gasteiger partial charge is 0.278 e. The van der Waals surface area contributed by atoms with Crippen LogP contribution in [0.4, 0.5) is 18.9 Å². The lowest BCUT2D eigenvalue weighted by atomic mass is 10.1. The third-order valence-electron chi connectivity index (χ3n) is 2.84. The van der Waals surface area contributed by atoms with Crippen LogP contribution >= 0.6 is 15.9 Å². The van der Waals surface area contributed by atoms with Crippen molar-refractivity contribution in [1.82, 2.24) is 0 Å². The van der Waals surface area contributed by atoms with E-state index >= 15 is 0 Å². The minimum Gasteiger partial charge on any atom is -0.278 e. The van der Waals surface area contributed by atoms with Gasteiger partial charge in [0.25, 0.3) is 0 Å². The van der Waals surface area contributed by atoms with Crippen molar-refractivity contribution in [3.8, 4) is 0 Å². The number of nitrogens with one attached hydrogen (secondary N) is 1. The summed E-state index contributed by atoms with van der Waals surface area (Å²) >= 11 is 3.38. The number of alkyl halides is 3. The molecule has 0 atom stereocenters. The largest absolute Gasteiger partial charge is 0.418 e. The molecule has 0 spiro atoms. The number of para-hydroxylation sites is 1. The average Bonchev–Trinajstić information content (AvgIpc) is 2.44. The Morgan fingerprint density at radius 3 is 2.33 bits per heavy atom. The van der Waals surface area contributed by atoms with Gasteiger partial charge in [-0.2, -0.15) is 18.3 Å². The molecule has 2 nitrogen and oxygen atoms in total. The van der Waals surface area contributed by atoms with Gasteiger partial charge in [0.05, 0.1) is 17.0 Å². The van der Waals surface area contributed by atoms with E-state index in [9.17, 15) is 13.2 Å². The van der Waals surface area contributed by atoms with E-state index in [-0.39, 0.29) is 5.69 Å². The SMILES string of the molecule is C/C(=N/Nc1ccccc1C(F)(F)F)c1ccccc1Br. The molecule has 110 valence electrons. The summed E-state index contributed by atoms with van der Waals surface area (Å²) in [6.45, 7) is 1.73. The molecule has 1 N–H and O–H groups in total. The third kappa shape index (κ3) is 3.85. The van der Waals surface area contributed by atoms with Crippen LogP contribution in [0.5, 0.6) is 0 Å². The number of hydrogen-bond donors (Lipinski definition) is 1. The van der Waals surface area contributed by atoms with Crippen LogP contribution < -0.4 is 5.43 Å². The van der Waals surface area contributed by atoms with Crippen LogP contribution in [0, 0.1) is 0 Å². The van der Waals surface area contributed by atoms with E-state index in [2.05, 4.69) is 26.5 Å². The molecule has 0 fully saturated rings. The van der Waals surface area contributed by atoms with E-state index in [1.807, 2.05) is 24.3 Å². The van der Waals surface area contributed by atoms with Crippen LogP contribution in [-0.4, -0.2) is 5.71 Å². The first kappa shape index (κ1) is 15.6. The summed E-state index contributed by atoms with van der Waals surface area (Å²) in [6, 6.07) is 12.6. The summed E-state index contributed by atoms with van der Waals surface area (Å²) < 4.78 is 39.4. The minimum absolute atomic E-state index is 0.0728. The maximum Gasteiger partial charge on any atom is 0.418 e. The lowest BCUT2D eigenvalue weighted by Gasteiger charge is -2.12. The average molecular weight is 357 g/mol. The molecule has 0 aliphatic carbocycles. The Labute approximate surface area is 128 Å². The molecule has 0 saturated heterocycles. The highest BCUT2D eigenvalue weighted by molar-refractivity contribution is 9.10. The van der Waals surface area contributed by atoms with E-state index in [0.29, 0.717) is 5.71 Å². The fourth-order valence-electron chi connectivity index (χ4n) is 1.79. The first-order chi connectivity index (χ1) is 9.89. The van der Waals surface area contributed by atoms with Gasteiger partial charge >= 0.3 is 6.18 Å². The van der Waals surface area contributed by atoms with E-state index in [1.54, 1.807) is 6.92 Å². The van der Waals surface area contributed by atoms with Crippen molar-refractivity contribution in [2.45, 2.75) is 13.1 Å². The topological polar surface area (TPSA) is 24.4 Å². The van der Waals surface area contributed by atoms with Crippen molar-refractivity contribution in [2.24, 2.45) is 5.10 Å². The van der Waals surface area contributed by atoms with Crippen LogP contribution in [0.2, 0.25) is 0 Å². The molecule has 2 aromatic rings. The molecule has 6 heteroatoms. The Morgan fingerprint density at radius 1 is 1.05 bits per heavy atom. The summed E-state index contributed by atoms with van der Waals surface area (Å²) in [7, 11) is 0. The van der Waals surface area contributed by atoms with Crippen molar-refractivity contribution in [1.29, 1.82) is 0 Å². The maximum absolute atomic E-state index is 12.9. The summed E-state index contributed by atoms with van der Waals surface area (Å²) in [6.07, 6.45) is -4.42. The minimum atomic E-state index is -4.42. The number of nitrogens with zero attached hydrogens (tertiary/aromatic N) is 1. The highest BCUT2D eigenvalue weighted by atomic mass is 79.9. The van der Waals surface area contributed by atoms with Gasteiger partial charge in [-0.05, 0) is 25.1 Å². The highest BCUT2D eigenvalue weighted by Crippen LogP contribution is 2.34. The molecular formula is C15H12BrF3N2. The van der Waals surface area contributed by atoms with Gasteiger partial charge in [-0.25, -0.2) is 0 Å². The zero-order chi connectivity index (χ0) is 15.5. The van der Waals surface area contributed by atoms with Crippen LogP contribution in [0.3, 0.4) is 0 Å². The van der Waals surface area contributed by atoms with Crippen molar-refractivity contribution in [2.75, 3.05) is 5.43 Å². The van der Waals surface area contributed by atoms with Crippen LogP contribution in [0.15, 0.2) is 58.1 Å². The zero-order valence-electron chi connectivity index (χ0n) is 11.1. The van der Waals surface area contributed by atoms with Crippen LogP contribution in [0.1, 0.15) is 18.1 Å². The second kappa shape index (κ2) is 6.30. The highest BCUT2D eigenvalue weighted by Gasteiger charge is 2.33. The molecule has 0 aromatic heterocycles.